The minimum absolute atomic E-state index is 0.0293. The second-order valence-electron chi connectivity index (χ2n) is 6.40. The molecule has 0 saturated carbocycles. The second-order valence-corrected chi connectivity index (χ2v) is 7.53. The van der Waals surface area contributed by atoms with Crippen molar-refractivity contribution in [3.63, 3.8) is 0 Å². The zero-order valence-corrected chi connectivity index (χ0v) is 15.1. The van der Waals surface area contributed by atoms with E-state index >= 15 is 0 Å². The molecule has 0 aliphatic heterocycles. The Morgan fingerprint density at radius 3 is 2.62 bits per heavy atom. The van der Waals surface area contributed by atoms with Crippen LogP contribution in [0.25, 0.3) is 11.0 Å². The van der Waals surface area contributed by atoms with E-state index in [0.717, 1.165) is 29.9 Å². The van der Waals surface area contributed by atoms with Crippen LogP contribution in [-0.2, 0) is 12.4 Å². The lowest BCUT2D eigenvalue weighted by atomic mass is 9.92. The van der Waals surface area contributed by atoms with Crippen molar-refractivity contribution in [2.24, 2.45) is 5.41 Å². The molecule has 1 aromatic heterocycles. The van der Waals surface area contributed by atoms with Crippen LogP contribution in [-0.4, -0.2) is 35.1 Å². The van der Waals surface area contributed by atoms with Crippen LogP contribution in [0.2, 0.25) is 0 Å². The number of hydrogen-bond donors (Lipinski definition) is 0. The summed E-state index contributed by atoms with van der Waals surface area (Å²) in [6.45, 7) is 6.04. The lowest BCUT2D eigenvalue weighted by molar-refractivity contribution is 0.212. The van der Waals surface area contributed by atoms with Gasteiger partial charge in [-0.15, -0.1) is 11.6 Å². The number of halogens is 3. The van der Waals surface area contributed by atoms with Crippen molar-refractivity contribution in [2.45, 2.75) is 26.3 Å². The van der Waals surface area contributed by atoms with E-state index in [4.69, 9.17) is 11.6 Å². The van der Waals surface area contributed by atoms with Crippen LogP contribution in [0, 0.1) is 11.2 Å². The second kappa shape index (κ2) is 6.23. The van der Waals surface area contributed by atoms with Gasteiger partial charge in [0.15, 0.2) is 0 Å². The van der Waals surface area contributed by atoms with Gasteiger partial charge in [0, 0.05) is 19.2 Å². The predicted octanol–water partition coefficient (Wildman–Crippen LogP) is 4.26. The standard InChI is InChI=1S/C15H20BrClFN3/c1-15(2,8-20(3)4)9-21-13-6-11(18)10(16)5-12(13)19-14(21)7-17/h5-6H,7-9H2,1-4H3. The van der Waals surface area contributed by atoms with Gasteiger partial charge < -0.3 is 9.47 Å². The van der Waals surface area contributed by atoms with Gasteiger partial charge in [0.2, 0.25) is 0 Å². The van der Waals surface area contributed by atoms with E-state index < -0.39 is 0 Å². The molecule has 0 bridgehead atoms. The summed E-state index contributed by atoms with van der Waals surface area (Å²) < 4.78 is 16.3. The molecule has 0 fully saturated rings. The van der Waals surface area contributed by atoms with Gasteiger partial charge in [0.05, 0.1) is 21.4 Å². The molecule has 2 aromatic rings. The molecule has 0 N–H and O–H groups in total. The third-order valence-corrected chi connectivity index (χ3v) is 4.17. The summed E-state index contributed by atoms with van der Waals surface area (Å²) in [6.07, 6.45) is 0. The number of aromatic nitrogens is 2. The van der Waals surface area contributed by atoms with Crippen molar-refractivity contribution in [2.75, 3.05) is 20.6 Å². The highest BCUT2D eigenvalue weighted by Gasteiger charge is 2.23. The average Bonchev–Trinajstić information content (AvgIpc) is 2.65. The molecule has 0 atom stereocenters. The maximum absolute atomic E-state index is 13.9. The number of rotatable bonds is 5. The Morgan fingerprint density at radius 1 is 1.38 bits per heavy atom. The maximum atomic E-state index is 13.9. The van der Waals surface area contributed by atoms with E-state index in [2.05, 4.69) is 39.7 Å². The summed E-state index contributed by atoms with van der Waals surface area (Å²) >= 11 is 9.22. The van der Waals surface area contributed by atoms with Crippen LogP contribution in [0.5, 0.6) is 0 Å². The lowest BCUT2D eigenvalue weighted by Gasteiger charge is -2.29. The van der Waals surface area contributed by atoms with Crippen molar-refractivity contribution >= 4 is 38.6 Å². The van der Waals surface area contributed by atoms with Gasteiger partial charge in [-0.3, -0.25) is 0 Å². The smallest absolute Gasteiger partial charge is 0.139 e. The fourth-order valence-electron chi connectivity index (χ4n) is 2.78. The zero-order chi connectivity index (χ0) is 15.8. The molecular formula is C15H20BrClFN3. The Labute approximate surface area is 138 Å². The monoisotopic (exact) mass is 375 g/mol. The van der Waals surface area contributed by atoms with Gasteiger partial charge >= 0.3 is 0 Å². The third-order valence-electron chi connectivity index (χ3n) is 3.32. The maximum Gasteiger partial charge on any atom is 0.139 e. The number of hydrogen-bond acceptors (Lipinski definition) is 2. The summed E-state index contributed by atoms with van der Waals surface area (Å²) in [7, 11) is 4.10. The van der Waals surface area contributed by atoms with E-state index in [-0.39, 0.29) is 11.2 Å². The molecule has 1 heterocycles. The van der Waals surface area contributed by atoms with Crippen LogP contribution in [0.15, 0.2) is 16.6 Å². The molecule has 0 aliphatic carbocycles. The van der Waals surface area contributed by atoms with E-state index in [0.29, 0.717) is 10.4 Å². The Morgan fingerprint density at radius 2 is 2.05 bits per heavy atom. The first-order chi connectivity index (χ1) is 9.73. The molecule has 1 aromatic carbocycles. The number of nitrogens with zero attached hydrogens (tertiary/aromatic N) is 3. The molecule has 0 amide bonds. The fraction of sp³-hybridized carbons (Fsp3) is 0.533. The van der Waals surface area contributed by atoms with Crippen molar-refractivity contribution in [1.29, 1.82) is 0 Å². The molecule has 0 radical (unpaired) electrons. The van der Waals surface area contributed by atoms with Crippen LogP contribution in [0.4, 0.5) is 4.39 Å². The van der Waals surface area contributed by atoms with Gasteiger partial charge in [0.1, 0.15) is 11.6 Å². The van der Waals surface area contributed by atoms with Crippen LogP contribution in [0.1, 0.15) is 19.7 Å². The predicted molar refractivity (Wildman–Crippen MR) is 89.3 cm³/mol. The van der Waals surface area contributed by atoms with E-state index in [1.807, 2.05) is 18.7 Å². The largest absolute Gasteiger partial charge is 0.326 e. The summed E-state index contributed by atoms with van der Waals surface area (Å²) in [4.78, 5) is 6.67. The van der Waals surface area contributed by atoms with Gasteiger partial charge in [-0.05, 0) is 41.5 Å². The van der Waals surface area contributed by atoms with Crippen molar-refractivity contribution < 1.29 is 4.39 Å². The van der Waals surface area contributed by atoms with E-state index in [9.17, 15) is 4.39 Å². The van der Waals surface area contributed by atoms with E-state index in [1.54, 1.807) is 6.07 Å². The van der Waals surface area contributed by atoms with Crippen molar-refractivity contribution in [1.82, 2.24) is 14.5 Å². The van der Waals surface area contributed by atoms with Gasteiger partial charge in [-0.25, -0.2) is 9.37 Å². The molecule has 6 heteroatoms. The molecule has 0 saturated heterocycles. The molecule has 0 unspecified atom stereocenters. The SMILES string of the molecule is CN(C)CC(C)(C)Cn1c(CCl)nc2cc(Br)c(F)cc21. The van der Waals surface area contributed by atoms with Crippen LogP contribution >= 0.6 is 27.5 Å². The highest BCUT2D eigenvalue weighted by Crippen LogP contribution is 2.28. The topological polar surface area (TPSA) is 21.1 Å². The minimum atomic E-state index is -0.282. The lowest BCUT2D eigenvalue weighted by Crippen LogP contribution is -2.32. The first kappa shape index (κ1) is 16.7. The molecular weight excluding hydrogens is 357 g/mol. The van der Waals surface area contributed by atoms with Crippen molar-refractivity contribution in [3.8, 4) is 0 Å². The molecule has 21 heavy (non-hydrogen) atoms. The first-order valence-corrected chi connectivity index (χ1v) is 8.11. The highest BCUT2D eigenvalue weighted by atomic mass is 79.9. The summed E-state index contributed by atoms with van der Waals surface area (Å²) in [5.41, 5.74) is 1.58. The number of fused-ring (bicyclic) bond motifs is 1. The number of imidazole rings is 1. The molecule has 0 spiro atoms. The van der Waals surface area contributed by atoms with Crippen LogP contribution < -0.4 is 0 Å². The van der Waals surface area contributed by atoms with Gasteiger partial charge in [0.25, 0.3) is 0 Å². The van der Waals surface area contributed by atoms with Crippen LogP contribution in [0.3, 0.4) is 0 Å². The highest BCUT2D eigenvalue weighted by molar-refractivity contribution is 9.10. The Balaban J connectivity index is 2.49. The average molecular weight is 377 g/mol. The minimum Gasteiger partial charge on any atom is -0.326 e. The Hall–Kier alpha value is -0.650. The summed E-state index contributed by atoms with van der Waals surface area (Å²) in [5, 5.41) is 0. The molecule has 2 rings (SSSR count). The van der Waals surface area contributed by atoms with E-state index in [1.165, 1.54) is 6.07 Å². The Kier molecular flexibility index (Phi) is 4.96. The molecule has 0 aliphatic rings. The summed E-state index contributed by atoms with van der Waals surface area (Å²) in [5.74, 6) is 0.803. The molecule has 3 nitrogen and oxygen atoms in total. The van der Waals surface area contributed by atoms with Crippen molar-refractivity contribution in [3.05, 3.63) is 28.2 Å². The first-order valence-electron chi connectivity index (χ1n) is 6.78. The van der Waals surface area contributed by atoms with Gasteiger partial charge in [-0.1, -0.05) is 13.8 Å². The fourth-order valence-corrected chi connectivity index (χ4v) is 3.32. The third kappa shape index (κ3) is 3.76. The Bertz CT molecular complexity index is 652. The van der Waals surface area contributed by atoms with Gasteiger partial charge in [-0.2, -0.15) is 0 Å². The number of benzene rings is 1. The summed E-state index contributed by atoms with van der Waals surface area (Å²) in [6, 6.07) is 3.23. The normalized spacial score (nSPS) is 12.6. The molecule has 116 valence electrons. The quantitative estimate of drug-likeness (QED) is 0.727. The number of alkyl halides is 1. The zero-order valence-electron chi connectivity index (χ0n) is 12.8.